The summed E-state index contributed by atoms with van der Waals surface area (Å²) in [6.45, 7) is 2.05. The molecule has 150 valence electrons. The molecule has 3 rings (SSSR count). The van der Waals surface area contributed by atoms with E-state index in [1.807, 2.05) is 0 Å². The monoisotopic (exact) mass is 432 g/mol. The number of nitrogens with zero attached hydrogens (tertiary/aromatic N) is 4. The molecule has 0 bridgehead atoms. The lowest BCUT2D eigenvalue weighted by molar-refractivity contribution is -0.113. The Morgan fingerprint density at radius 3 is 2.69 bits per heavy atom. The zero-order valence-electron chi connectivity index (χ0n) is 15.4. The number of benzene rings is 1. The van der Waals surface area contributed by atoms with E-state index in [1.54, 1.807) is 12.1 Å². The van der Waals surface area contributed by atoms with Crippen molar-refractivity contribution < 1.29 is 14.0 Å². The number of nitrogens with one attached hydrogen (secondary N) is 2. The number of aromatic nitrogens is 4. The highest BCUT2D eigenvalue weighted by atomic mass is 32.2. The Morgan fingerprint density at radius 1 is 1.10 bits per heavy atom. The summed E-state index contributed by atoms with van der Waals surface area (Å²) in [7, 11) is 0. The molecule has 0 aliphatic carbocycles. The molecule has 11 heteroatoms. The molecule has 2 amide bonds. The third-order valence-corrected chi connectivity index (χ3v) is 5.32. The van der Waals surface area contributed by atoms with E-state index in [9.17, 15) is 14.0 Å². The van der Waals surface area contributed by atoms with Crippen LogP contribution >= 0.6 is 23.1 Å². The van der Waals surface area contributed by atoms with Crippen LogP contribution in [0.5, 0.6) is 0 Å². The molecule has 1 aromatic carbocycles. The summed E-state index contributed by atoms with van der Waals surface area (Å²) in [6, 6.07) is 8.54. The first kappa shape index (κ1) is 20.8. The van der Waals surface area contributed by atoms with Crippen molar-refractivity contribution in [3.8, 4) is 0 Å². The van der Waals surface area contributed by atoms with Gasteiger partial charge in [0.05, 0.1) is 5.75 Å². The molecule has 3 aromatic rings. The fraction of sp³-hybridized carbons (Fsp3) is 0.222. The van der Waals surface area contributed by atoms with Gasteiger partial charge in [-0.15, -0.1) is 20.4 Å². The van der Waals surface area contributed by atoms with Gasteiger partial charge in [0, 0.05) is 12.0 Å². The van der Waals surface area contributed by atoms with Crippen molar-refractivity contribution in [3.05, 3.63) is 52.8 Å². The Bertz CT molecular complexity index is 996. The maximum Gasteiger partial charge on any atom is 0.256 e. The zero-order chi connectivity index (χ0) is 20.6. The number of carbonyl (C=O) groups is 2. The lowest BCUT2D eigenvalue weighted by atomic mass is 10.2. The van der Waals surface area contributed by atoms with Crippen LogP contribution in [0.2, 0.25) is 0 Å². The predicted molar refractivity (Wildman–Crippen MR) is 110 cm³/mol. The van der Waals surface area contributed by atoms with Crippen molar-refractivity contribution in [2.24, 2.45) is 0 Å². The predicted octanol–water partition coefficient (Wildman–Crippen LogP) is 3.40. The molecule has 0 fully saturated rings. The van der Waals surface area contributed by atoms with Gasteiger partial charge in [0.15, 0.2) is 5.82 Å². The molecular weight excluding hydrogens is 415 g/mol. The zero-order valence-corrected chi connectivity index (χ0v) is 17.0. The van der Waals surface area contributed by atoms with Gasteiger partial charge < -0.3 is 5.32 Å². The minimum atomic E-state index is -0.496. The van der Waals surface area contributed by atoms with Gasteiger partial charge in [0.1, 0.15) is 15.9 Å². The summed E-state index contributed by atoms with van der Waals surface area (Å²) in [6.07, 6.45) is 1.80. The van der Waals surface area contributed by atoms with Crippen LogP contribution < -0.4 is 10.6 Å². The van der Waals surface area contributed by atoms with E-state index in [-0.39, 0.29) is 23.0 Å². The molecule has 0 saturated carbocycles. The number of thioether (sulfide) groups is 1. The summed E-state index contributed by atoms with van der Waals surface area (Å²) in [4.78, 5) is 24.1. The molecule has 2 heterocycles. The molecule has 0 aliphatic rings. The molecule has 2 N–H and O–H groups in total. The fourth-order valence-corrected chi connectivity index (χ4v) is 3.67. The van der Waals surface area contributed by atoms with Crippen LogP contribution in [-0.4, -0.2) is 38.0 Å². The first-order chi connectivity index (χ1) is 14.0. The smallest absolute Gasteiger partial charge is 0.256 e. The average Bonchev–Trinajstić information content (AvgIpc) is 3.14. The van der Waals surface area contributed by atoms with Crippen LogP contribution in [0.15, 0.2) is 41.4 Å². The lowest BCUT2D eigenvalue weighted by Crippen LogP contribution is -2.14. The maximum absolute atomic E-state index is 13.2. The van der Waals surface area contributed by atoms with E-state index in [2.05, 4.69) is 38.0 Å². The van der Waals surface area contributed by atoms with Crippen molar-refractivity contribution in [2.75, 3.05) is 16.4 Å². The highest BCUT2D eigenvalue weighted by molar-refractivity contribution is 7.99. The van der Waals surface area contributed by atoms with Gasteiger partial charge in [0.25, 0.3) is 5.91 Å². The van der Waals surface area contributed by atoms with Gasteiger partial charge in [-0.1, -0.05) is 36.1 Å². The highest BCUT2D eigenvalue weighted by Gasteiger charge is 2.11. The van der Waals surface area contributed by atoms with Crippen molar-refractivity contribution in [3.63, 3.8) is 0 Å². The quantitative estimate of drug-likeness (QED) is 0.525. The molecule has 0 unspecified atom stereocenters. The lowest BCUT2D eigenvalue weighted by Gasteiger charge is -2.05. The number of anilines is 2. The summed E-state index contributed by atoms with van der Waals surface area (Å²) in [5.41, 5.74) is 0.181. The second-order valence-electron chi connectivity index (χ2n) is 5.81. The van der Waals surface area contributed by atoms with Crippen molar-refractivity contribution >= 4 is 45.9 Å². The first-order valence-electron chi connectivity index (χ1n) is 8.69. The minimum Gasteiger partial charge on any atom is -0.305 e. The van der Waals surface area contributed by atoms with Crippen molar-refractivity contribution in [1.82, 2.24) is 20.4 Å². The van der Waals surface area contributed by atoms with Crippen molar-refractivity contribution in [2.45, 2.75) is 24.8 Å². The molecular formula is C18H17FN6O2S2. The average molecular weight is 433 g/mol. The molecule has 0 aliphatic heterocycles. The van der Waals surface area contributed by atoms with Gasteiger partial charge in [-0.2, -0.15) is 0 Å². The Hall–Kier alpha value is -2.92. The standard InChI is InChI=1S/C18H17FN6O2S2/c1-2-4-16-24-25-18(29-16)21-14(26)10-28-15-8-7-13(22-23-15)20-17(27)11-5-3-6-12(19)9-11/h3,5-9H,2,4,10H2,1H3,(H,20,22,27)(H,21,25,26). The molecule has 8 nitrogen and oxygen atoms in total. The Balaban J connectivity index is 1.48. The maximum atomic E-state index is 13.2. The second-order valence-corrected chi connectivity index (χ2v) is 7.87. The van der Waals surface area contributed by atoms with Crippen LogP contribution in [0.3, 0.4) is 0 Å². The SMILES string of the molecule is CCCc1nnc(NC(=O)CSc2ccc(NC(=O)c3cccc(F)c3)nn2)s1. The third-order valence-electron chi connectivity index (χ3n) is 3.50. The normalized spacial score (nSPS) is 10.6. The summed E-state index contributed by atoms with van der Waals surface area (Å²) >= 11 is 2.56. The summed E-state index contributed by atoms with van der Waals surface area (Å²) in [5, 5.41) is 22.9. The Morgan fingerprint density at radius 2 is 1.97 bits per heavy atom. The Labute approximate surface area is 174 Å². The molecule has 0 atom stereocenters. The van der Waals surface area contributed by atoms with Gasteiger partial charge in [0.2, 0.25) is 11.0 Å². The highest BCUT2D eigenvalue weighted by Crippen LogP contribution is 2.19. The number of hydrogen-bond acceptors (Lipinski definition) is 8. The molecule has 0 spiro atoms. The van der Waals surface area contributed by atoms with Crippen LogP contribution in [0.25, 0.3) is 0 Å². The number of rotatable bonds is 8. The van der Waals surface area contributed by atoms with Crippen LogP contribution in [-0.2, 0) is 11.2 Å². The Kier molecular flexibility index (Phi) is 7.19. The van der Waals surface area contributed by atoms with E-state index in [0.29, 0.717) is 10.2 Å². The summed E-state index contributed by atoms with van der Waals surface area (Å²) in [5.74, 6) is -0.848. The van der Waals surface area contributed by atoms with E-state index in [1.165, 1.54) is 41.3 Å². The van der Waals surface area contributed by atoms with Crippen LogP contribution in [0.4, 0.5) is 15.3 Å². The molecule has 2 aromatic heterocycles. The molecule has 29 heavy (non-hydrogen) atoms. The largest absolute Gasteiger partial charge is 0.305 e. The van der Waals surface area contributed by atoms with Crippen molar-refractivity contribution in [1.29, 1.82) is 0 Å². The number of halogens is 1. The van der Waals surface area contributed by atoms with Gasteiger partial charge in [-0.3, -0.25) is 14.9 Å². The molecule has 0 radical (unpaired) electrons. The third kappa shape index (κ3) is 6.29. The van der Waals surface area contributed by atoms with E-state index >= 15 is 0 Å². The number of carbonyl (C=O) groups excluding carboxylic acids is 2. The minimum absolute atomic E-state index is 0.131. The number of hydrogen-bond donors (Lipinski definition) is 2. The van der Waals surface area contributed by atoms with E-state index < -0.39 is 11.7 Å². The van der Waals surface area contributed by atoms with Gasteiger partial charge in [-0.05, 0) is 36.8 Å². The second kappa shape index (κ2) is 10.0. The molecule has 0 saturated heterocycles. The van der Waals surface area contributed by atoms with E-state index in [0.717, 1.165) is 23.9 Å². The van der Waals surface area contributed by atoms with E-state index in [4.69, 9.17) is 0 Å². The number of amides is 2. The van der Waals surface area contributed by atoms with Gasteiger partial charge in [-0.25, -0.2) is 4.39 Å². The topological polar surface area (TPSA) is 110 Å². The number of aryl methyl sites for hydroxylation is 1. The van der Waals surface area contributed by atoms with Crippen LogP contribution in [0.1, 0.15) is 28.7 Å². The van der Waals surface area contributed by atoms with Gasteiger partial charge >= 0.3 is 0 Å². The van der Waals surface area contributed by atoms with Crippen LogP contribution in [0, 0.1) is 5.82 Å². The first-order valence-corrected chi connectivity index (χ1v) is 10.5. The fourth-order valence-electron chi connectivity index (χ4n) is 2.20. The summed E-state index contributed by atoms with van der Waals surface area (Å²) < 4.78 is 13.2.